The third-order valence-electron chi connectivity index (χ3n) is 0. The molecular weight excluding hydrogens is 310 g/mol. The molecule has 0 aliphatic heterocycles. The normalized spacial score (nSPS) is 9.83. The van der Waals surface area contributed by atoms with E-state index in [-0.39, 0.29) is 36.5 Å². The molecule has 0 atom stereocenters. The van der Waals surface area contributed by atoms with Gasteiger partial charge in [0.2, 0.25) is 0 Å². The Morgan fingerprint density at radius 1 is 0.917 bits per heavy atom. The molecule has 0 bridgehead atoms. The van der Waals surface area contributed by atoms with Crippen molar-refractivity contribution in [1.82, 2.24) is 0 Å². The topological polar surface area (TPSA) is 167 Å². The van der Waals surface area contributed by atoms with E-state index >= 15 is 0 Å². The van der Waals surface area contributed by atoms with Crippen LogP contribution in [0.4, 0.5) is 0 Å². The van der Waals surface area contributed by atoms with Crippen LogP contribution in [0.2, 0.25) is 0 Å². The molecule has 0 rings (SSSR count). The monoisotopic (exact) mass is 311 g/mol. The molecule has 8 nitrogen and oxygen atoms in total. The second-order valence-corrected chi connectivity index (χ2v) is 2.81. The second kappa shape index (κ2) is 8.94. The van der Waals surface area contributed by atoms with Gasteiger partial charge < -0.3 is 33.9 Å². The van der Waals surface area contributed by atoms with Gasteiger partial charge in [-0.15, -0.1) is 0 Å². The van der Waals surface area contributed by atoms with Gasteiger partial charge in [-0.1, -0.05) is 0 Å². The van der Waals surface area contributed by atoms with Gasteiger partial charge in [0.05, 0.1) is 0 Å². The Labute approximate surface area is 90.7 Å². The Hall–Kier alpha value is 1.36. The molecule has 0 aromatic heterocycles. The number of hydrogen-bond donors (Lipinski definition) is 2. The Kier molecular flexibility index (Phi) is 17.4. The van der Waals surface area contributed by atoms with Crippen LogP contribution in [0.1, 0.15) is 0 Å². The first-order valence-electron chi connectivity index (χ1n) is 1.50. The molecule has 0 aromatic carbocycles. The van der Waals surface area contributed by atoms with Crippen molar-refractivity contribution in [2.24, 2.45) is 0 Å². The molecule has 0 saturated carbocycles. The molecule has 0 spiro atoms. The van der Waals surface area contributed by atoms with E-state index in [1.165, 1.54) is 0 Å². The van der Waals surface area contributed by atoms with Gasteiger partial charge in [0.25, 0.3) is 7.82 Å². The average molecular weight is 312 g/mol. The molecule has 0 unspecified atom stereocenters. The van der Waals surface area contributed by atoms with E-state index in [1.54, 1.807) is 0 Å². The van der Waals surface area contributed by atoms with Gasteiger partial charge in [0, 0.05) is 0 Å². The van der Waals surface area contributed by atoms with Crippen molar-refractivity contribution >= 4 is 15.6 Å². The molecule has 12 heteroatoms. The number of hydrogen-bond acceptors (Lipinski definition) is 6. The summed E-state index contributed by atoms with van der Waals surface area (Å²) in [4.78, 5) is 48.6. The average Bonchev–Trinajstić information content (AvgIpc) is 1.12. The van der Waals surface area contributed by atoms with Crippen LogP contribution >= 0.6 is 15.6 Å². The van der Waals surface area contributed by atoms with Crippen molar-refractivity contribution in [1.29, 1.82) is 0 Å². The van der Waals surface area contributed by atoms with E-state index in [2.05, 4.69) is 0 Å². The van der Waals surface area contributed by atoms with E-state index in [1.807, 2.05) is 0 Å². The van der Waals surface area contributed by atoms with Crippen LogP contribution < -0.4 is 19.6 Å². The largest absolute Gasteiger partial charge is 2.00 e. The summed E-state index contributed by atoms with van der Waals surface area (Å²) in [5.74, 6) is 0. The van der Waals surface area contributed by atoms with E-state index < -0.39 is 15.6 Å². The van der Waals surface area contributed by atoms with Crippen LogP contribution in [0.15, 0.2) is 0 Å². The molecule has 0 heterocycles. The van der Waals surface area contributed by atoms with Crippen LogP contribution in [0, 0.1) is 0 Å². The summed E-state index contributed by atoms with van der Waals surface area (Å²) in [6.07, 6.45) is 0. The van der Waals surface area contributed by atoms with Crippen LogP contribution in [-0.2, 0) is 45.7 Å². The molecule has 69 valence electrons. The summed E-state index contributed by atoms with van der Waals surface area (Å²) in [6.45, 7) is 0. The minimum Gasteiger partial charge on any atom is -0.822 e. The minimum absolute atomic E-state index is 0. The van der Waals surface area contributed by atoms with Gasteiger partial charge in [-0.25, -0.2) is 0 Å². The summed E-state index contributed by atoms with van der Waals surface area (Å²) >= 11 is 0. The maximum Gasteiger partial charge on any atom is 2.00 e. The quantitative estimate of drug-likeness (QED) is 0.334. The van der Waals surface area contributed by atoms with E-state index in [0.717, 1.165) is 0 Å². The van der Waals surface area contributed by atoms with Crippen LogP contribution in [-0.4, -0.2) is 9.79 Å². The van der Waals surface area contributed by atoms with Gasteiger partial charge in [-0.3, -0.25) is 4.57 Å². The fraction of sp³-hybridized carbons (Fsp3) is 0. The number of rotatable bonds is 0. The molecule has 2 N–H and O–H groups in total. The standard InChI is InChI=1S/Mn.2H3O4P.Zn/c;2*1-5(2,3)4;/h;2*(H3,1,2,3,4);/q+2;;;+2/p-4. The van der Waals surface area contributed by atoms with Crippen LogP contribution in [0.3, 0.4) is 0 Å². The van der Waals surface area contributed by atoms with Crippen molar-refractivity contribution < 1.29 is 75.0 Å². The van der Waals surface area contributed by atoms with Gasteiger partial charge in [-0.05, 0) is 0 Å². The first-order chi connectivity index (χ1) is 4.00. The molecule has 12 heavy (non-hydrogen) atoms. The molecule has 0 aliphatic carbocycles. The van der Waals surface area contributed by atoms with E-state index in [0.29, 0.717) is 0 Å². The zero-order chi connectivity index (χ0) is 9.00. The van der Waals surface area contributed by atoms with E-state index in [9.17, 15) is 0 Å². The first kappa shape index (κ1) is 23.3. The molecule has 0 aromatic rings. The van der Waals surface area contributed by atoms with Gasteiger partial charge >= 0.3 is 36.5 Å². The van der Waals surface area contributed by atoms with Crippen molar-refractivity contribution in [2.45, 2.75) is 0 Å². The molecule has 1 radical (unpaired) electrons. The molecule has 0 saturated heterocycles. The Bertz CT molecular complexity index is 129. The van der Waals surface area contributed by atoms with Crippen LogP contribution in [0.25, 0.3) is 0 Å². The zero-order valence-corrected chi connectivity index (χ0v) is 11.3. The van der Waals surface area contributed by atoms with Crippen molar-refractivity contribution in [3.05, 3.63) is 0 Å². The van der Waals surface area contributed by atoms with Gasteiger partial charge in [-0.2, -0.15) is 7.82 Å². The van der Waals surface area contributed by atoms with Gasteiger partial charge in [0.1, 0.15) is 0 Å². The maximum absolute atomic E-state index is 8.77. The molecule has 0 amide bonds. The zero-order valence-electron chi connectivity index (χ0n) is 5.32. The summed E-state index contributed by atoms with van der Waals surface area (Å²) in [7, 11) is -10.3. The van der Waals surface area contributed by atoms with Gasteiger partial charge in [0.15, 0.2) is 0 Å². The summed E-state index contributed by atoms with van der Waals surface area (Å²) in [5, 5.41) is 0. The fourth-order valence-electron chi connectivity index (χ4n) is 0. The first-order valence-corrected chi connectivity index (χ1v) is 4.49. The predicted octanol–water partition coefficient (Wildman–Crippen LogP) is -4.39. The second-order valence-electron chi connectivity index (χ2n) is 0.938. The van der Waals surface area contributed by atoms with Crippen molar-refractivity contribution in [3.63, 3.8) is 0 Å². The number of phosphoric acid groups is 2. The third-order valence-corrected chi connectivity index (χ3v) is 0. The molecular formula is H2MnO8P2Zn. The Morgan fingerprint density at radius 2 is 0.917 bits per heavy atom. The third kappa shape index (κ3) is 657. The smallest absolute Gasteiger partial charge is 0.822 e. The van der Waals surface area contributed by atoms with Crippen molar-refractivity contribution in [3.8, 4) is 0 Å². The Morgan fingerprint density at radius 3 is 0.917 bits per heavy atom. The summed E-state index contributed by atoms with van der Waals surface area (Å²) in [5.41, 5.74) is 0. The summed E-state index contributed by atoms with van der Waals surface area (Å²) in [6, 6.07) is 0. The predicted molar refractivity (Wildman–Crippen MR) is 19.7 cm³/mol. The fourth-order valence-corrected chi connectivity index (χ4v) is 0. The summed E-state index contributed by atoms with van der Waals surface area (Å²) < 4.78 is 17.3. The minimum atomic E-state index is -5.39. The van der Waals surface area contributed by atoms with E-state index in [4.69, 9.17) is 38.5 Å². The van der Waals surface area contributed by atoms with Crippen LogP contribution in [0.5, 0.6) is 0 Å². The Balaban J connectivity index is -0.0000000457. The SMILES string of the molecule is O=P([O-])(O)O.O=P([O-])([O-])[O-].[Mn+2].[Zn+2]. The van der Waals surface area contributed by atoms with Crippen molar-refractivity contribution in [2.75, 3.05) is 0 Å². The molecule has 0 aliphatic rings. The maximum atomic E-state index is 8.77. The molecule has 0 fully saturated rings.